The maximum atomic E-state index is 12.8. The Bertz CT molecular complexity index is 985. The van der Waals surface area contributed by atoms with Crippen molar-refractivity contribution in [3.8, 4) is 0 Å². The van der Waals surface area contributed by atoms with E-state index in [4.69, 9.17) is 4.74 Å². The number of rotatable bonds is 5. The largest absolute Gasteiger partial charge is 0.452 e. The molecule has 0 aliphatic heterocycles. The second kappa shape index (κ2) is 8.86. The van der Waals surface area contributed by atoms with Crippen molar-refractivity contribution in [1.29, 1.82) is 0 Å². The summed E-state index contributed by atoms with van der Waals surface area (Å²) in [5, 5.41) is 5.30. The molecule has 0 atom stereocenters. The minimum Gasteiger partial charge on any atom is -0.452 e. The molecule has 1 aliphatic carbocycles. The average Bonchev–Trinajstić information content (AvgIpc) is 3.02. The smallest absolute Gasteiger partial charge is 0.416 e. The van der Waals surface area contributed by atoms with Gasteiger partial charge in [-0.3, -0.25) is 9.59 Å². The van der Waals surface area contributed by atoms with Crippen molar-refractivity contribution in [3.63, 3.8) is 0 Å². The third-order valence-electron chi connectivity index (χ3n) is 4.47. The first-order valence-electron chi connectivity index (χ1n) is 9.21. The average molecular weight is 440 g/mol. The van der Waals surface area contributed by atoms with Gasteiger partial charge in [-0.05, 0) is 49.4 Å². The molecule has 0 fully saturated rings. The van der Waals surface area contributed by atoms with Gasteiger partial charge in [-0.1, -0.05) is 6.07 Å². The van der Waals surface area contributed by atoms with Crippen molar-refractivity contribution in [2.24, 2.45) is 0 Å². The first-order chi connectivity index (χ1) is 14.1. The molecule has 0 unspecified atom stereocenters. The number of fused-ring (bicyclic) bond motifs is 1. The van der Waals surface area contributed by atoms with Crippen molar-refractivity contribution >= 4 is 39.8 Å². The Kier molecular flexibility index (Phi) is 6.45. The Morgan fingerprint density at radius 1 is 1.13 bits per heavy atom. The van der Waals surface area contributed by atoms with Crippen LogP contribution in [0.3, 0.4) is 0 Å². The minimum atomic E-state index is -4.54. The predicted molar refractivity (Wildman–Crippen MR) is 106 cm³/mol. The SMILES string of the molecule is CC(=O)Nc1sc2c(c1C(=O)OCC(=O)Nc1cccc(C(F)(F)F)c1)CCCC2. The normalized spacial score (nSPS) is 13.3. The third-order valence-corrected chi connectivity index (χ3v) is 5.68. The molecule has 10 heteroatoms. The molecular weight excluding hydrogens is 421 g/mol. The lowest BCUT2D eigenvalue weighted by Gasteiger charge is -2.13. The maximum absolute atomic E-state index is 12.8. The number of carbonyl (C=O) groups is 3. The van der Waals surface area contributed by atoms with Crippen LogP contribution in [0, 0.1) is 0 Å². The van der Waals surface area contributed by atoms with Gasteiger partial charge >= 0.3 is 12.1 Å². The molecule has 0 radical (unpaired) electrons. The van der Waals surface area contributed by atoms with Crippen LogP contribution in [-0.2, 0) is 33.3 Å². The number of thiophene rings is 1. The first kappa shape index (κ1) is 21.8. The lowest BCUT2D eigenvalue weighted by atomic mass is 9.95. The third kappa shape index (κ3) is 5.18. The Morgan fingerprint density at radius 3 is 2.57 bits per heavy atom. The van der Waals surface area contributed by atoms with Crippen LogP contribution in [0.5, 0.6) is 0 Å². The van der Waals surface area contributed by atoms with Crippen LogP contribution in [0.25, 0.3) is 0 Å². The van der Waals surface area contributed by atoms with E-state index in [1.165, 1.54) is 30.4 Å². The number of alkyl halides is 3. The molecule has 160 valence electrons. The predicted octanol–water partition coefficient (Wildman–Crippen LogP) is 4.40. The summed E-state index contributed by atoms with van der Waals surface area (Å²) in [7, 11) is 0. The Labute approximate surface area is 174 Å². The fraction of sp³-hybridized carbons (Fsp3) is 0.350. The number of hydrogen-bond donors (Lipinski definition) is 2. The highest BCUT2D eigenvalue weighted by Gasteiger charge is 2.31. The lowest BCUT2D eigenvalue weighted by Crippen LogP contribution is -2.22. The number of esters is 1. The summed E-state index contributed by atoms with van der Waals surface area (Å²) < 4.78 is 43.4. The first-order valence-corrected chi connectivity index (χ1v) is 10.0. The number of benzene rings is 1. The van der Waals surface area contributed by atoms with Crippen LogP contribution in [0.15, 0.2) is 24.3 Å². The molecule has 0 saturated heterocycles. The molecule has 6 nitrogen and oxygen atoms in total. The molecule has 1 aliphatic rings. The fourth-order valence-electron chi connectivity index (χ4n) is 3.20. The van der Waals surface area contributed by atoms with Crippen molar-refractivity contribution < 1.29 is 32.3 Å². The van der Waals surface area contributed by atoms with Crippen LogP contribution < -0.4 is 10.6 Å². The van der Waals surface area contributed by atoms with Crippen molar-refractivity contribution in [2.75, 3.05) is 17.2 Å². The van der Waals surface area contributed by atoms with Crippen LogP contribution in [0.4, 0.5) is 23.9 Å². The molecule has 0 saturated carbocycles. The standard InChI is InChI=1S/C20H19F3N2O4S/c1-11(26)24-18-17(14-7-2-3-8-15(14)30-18)19(28)29-10-16(27)25-13-6-4-5-12(9-13)20(21,22)23/h4-6,9H,2-3,7-8,10H2,1H3,(H,24,26)(H,25,27). The van der Waals surface area contributed by atoms with E-state index in [0.717, 1.165) is 41.8 Å². The van der Waals surface area contributed by atoms with E-state index in [2.05, 4.69) is 10.6 Å². The summed E-state index contributed by atoms with van der Waals surface area (Å²) in [6, 6.07) is 4.16. The molecule has 0 spiro atoms. The number of aryl methyl sites for hydroxylation is 1. The molecule has 1 aromatic heterocycles. The van der Waals surface area contributed by atoms with Gasteiger partial charge < -0.3 is 15.4 Å². The molecular formula is C20H19F3N2O4S. The summed E-state index contributed by atoms with van der Waals surface area (Å²) in [5.74, 6) is -1.85. The number of carbonyl (C=O) groups excluding carboxylic acids is 3. The zero-order valence-electron chi connectivity index (χ0n) is 16.0. The number of nitrogens with one attached hydrogen (secondary N) is 2. The lowest BCUT2D eigenvalue weighted by molar-refractivity contribution is -0.137. The molecule has 2 amide bonds. The van der Waals surface area contributed by atoms with Gasteiger partial charge in [0.05, 0.1) is 11.1 Å². The summed E-state index contributed by atoms with van der Waals surface area (Å²) in [4.78, 5) is 37.2. The molecule has 1 heterocycles. The summed E-state index contributed by atoms with van der Waals surface area (Å²) >= 11 is 1.32. The van der Waals surface area contributed by atoms with Gasteiger partial charge in [0.15, 0.2) is 6.61 Å². The number of halogens is 3. The van der Waals surface area contributed by atoms with E-state index in [-0.39, 0.29) is 17.2 Å². The monoisotopic (exact) mass is 440 g/mol. The van der Waals surface area contributed by atoms with Gasteiger partial charge in [0.1, 0.15) is 5.00 Å². The quantitative estimate of drug-likeness (QED) is 0.675. The summed E-state index contributed by atoms with van der Waals surface area (Å²) in [6.45, 7) is 0.662. The van der Waals surface area contributed by atoms with Gasteiger partial charge in [0.2, 0.25) is 5.91 Å². The second-order valence-electron chi connectivity index (χ2n) is 6.80. The number of hydrogen-bond acceptors (Lipinski definition) is 5. The van der Waals surface area contributed by atoms with Crippen LogP contribution in [-0.4, -0.2) is 24.4 Å². The molecule has 3 rings (SSSR count). The van der Waals surface area contributed by atoms with Crippen molar-refractivity contribution in [3.05, 3.63) is 45.8 Å². The fourth-order valence-corrected chi connectivity index (χ4v) is 4.53. The Morgan fingerprint density at radius 2 is 1.87 bits per heavy atom. The van der Waals surface area contributed by atoms with Crippen LogP contribution in [0.2, 0.25) is 0 Å². The molecule has 1 aromatic carbocycles. The van der Waals surface area contributed by atoms with Crippen molar-refractivity contribution in [1.82, 2.24) is 0 Å². The van der Waals surface area contributed by atoms with Gasteiger partial charge in [0.25, 0.3) is 5.91 Å². The highest BCUT2D eigenvalue weighted by Crippen LogP contribution is 2.38. The second-order valence-corrected chi connectivity index (χ2v) is 7.90. The molecule has 2 N–H and O–H groups in total. The van der Waals surface area contributed by atoms with E-state index >= 15 is 0 Å². The highest BCUT2D eigenvalue weighted by molar-refractivity contribution is 7.17. The van der Waals surface area contributed by atoms with Crippen molar-refractivity contribution in [2.45, 2.75) is 38.8 Å². The van der Waals surface area contributed by atoms with Gasteiger partial charge in [-0.25, -0.2) is 4.79 Å². The number of anilines is 2. The Balaban J connectivity index is 1.68. The number of ether oxygens (including phenoxy) is 1. The van der Waals surface area contributed by atoms with Gasteiger partial charge in [0, 0.05) is 17.5 Å². The van der Waals surface area contributed by atoms with E-state index in [1.807, 2.05) is 0 Å². The summed E-state index contributed by atoms with van der Waals surface area (Å²) in [6.07, 6.45) is -1.17. The van der Waals surface area contributed by atoms with Gasteiger partial charge in [-0.2, -0.15) is 13.2 Å². The zero-order chi connectivity index (χ0) is 21.9. The zero-order valence-corrected chi connectivity index (χ0v) is 16.8. The van der Waals surface area contributed by atoms with E-state index in [1.54, 1.807) is 0 Å². The van der Waals surface area contributed by atoms with Crippen LogP contribution in [0.1, 0.15) is 46.1 Å². The highest BCUT2D eigenvalue weighted by atomic mass is 32.1. The van der Waals surface area contributed by atoms with Crippen LogP contribution >= 0.6 is 11.3 Å². The molecule has 0 bridgehead atoms. The topological polar surface area (TPSA) is 84.5 Å². The summed E-state index contributed by atoms with van der Waals surface area (Å²) in [5.41, 5.74) is 0.106. The van der Waals surface area contributed by atoms with E-state index < -0.39 is 30.2 Å². The maximum Gasteiger partial charge on any atom is 0.416 e. The van der Waals surface area contributed by atoms with Gasteiger partial charge in [-0.15, -0.1) is 11.3 Å². The van der Waals surface area contributed by atoms with E-state index in [9.17, 15) is 27.6 Å². The minimum absolute atomic E-state index is 0.0577. The molecule has 30 heavy (non-hydrogen) atoms. The number of amides is 2. The molecule has 2 aromatic rings. The van der Waals surface area contributed by atoms with E-state index in [0.29, 0.717) is 11.4 Å². The Hall–Kier alpha value is -2.88.